The first-order valence-electron chi connectivity index (χ1n) is 6.00. The number of hydrogen-bond donors (Lipinski definition) is 2. The fourth-order valence-corrected chi connectivity index (χ4v) is 1.83. The van der Waals surface area contributed by atoms with Gasteiger partial charge in [-0.05, 0) is 12.3 Å². The van der Waals surface area contributed by atoms with Gasteiger partial charge in [0.1, 0.15) is 0 Å². The summed E-state index contributed by atoms with van der Waals surface area (Å²) in [4.78, 5) is 21.9. The van der Waals surface area contributed by atoms with Crippen LogP contribution < -0.4 is 5.32 Å². The summed E-state index contributed by atoms with van der Waals surface area (Å²) in [7, 11) is 0. The van der Waals surface area contributed by atoms with Gasteiger partial charge in [-0.25, -0.2) is 0 Å². The molecular weight excluding hydrogens is 206 g/mol. The standard InChI is InChI=1S/C12H23NO3/c1-4-6-9(3)7-10(8-12(15)16)13-11(14)5-2/h9-10H,4-8H2,1-3H3,(H,13,14)(H,15,16). The zero-order valence-corrected chi connectivity index (χ0v) is 10.5. The molecule has 0 aliphatic heterocycles. The molecule has 0 bridgehead atoms. The summed E-state index contributed by atoms with van der Waals surface area (Å²) >= 11 is 0. The first-order valence-corrected chi connectivity index (χ1v) is 6.00. The van der Waals surface area contributed by atoms with Gasteiger partial charge in [0, 0.05) is 12.5 Å². The molecule has 4 heteroatoms. The lowest BCUT2D eigenvalue weighted by Crippen LogP contribution is -2.37. The summed E-state index contributed by atoms with van der Waals surface area (Å²) < 4.78 is 0. The Morgan fingerprint density at radius 3 is 2.38 bits per heavy atom. The Morgan fingerprint density at radius 2 is 1.94 bits per heavy atom. The molecule has 0 saturated heterocycles. The van der Waals surface area contributed by atoms with E-state index in [1.54, 1.807) is 6.92 Å². The summed E-state index contributed by atoms with van der Waals surface area (Å²) in [5.74, 6) is -0.480. The summed E-state index contributed by atoms with van der Waals surface area (Å²) in [6.45, 7) is 5.96. The monoisotopic (exact) mass is 229 g/mol. The van der Waals surface area contributed by atoms with E-state index in [1.165, 1.54) is 0 Å². The lowest BCUT2D eigenvalue weighted by atomic mass is 9.95. The Balaban J connectivity index is 4.19. The smallest absolute Gasteiger partial charge is 0.305 e. The van der Waals surface area contributed by atoms with E-state index in [0.29, 0.717) is 12.3 Å². The molecule has 16 heavy (non-hydrogen) atoms. The number of carboxylic acids is 1. The molecule has 1 amide bonds. The normalized spacial score (nSPS) is 14.2. The number of carbonyl (C=O) groups is 2. The number of amides is 1. The van der Waals surface area contributed by atoms with Crippen molar-refractivity contribution in [3.05, 3.63) is 0 Å². The predicted octanol–water partition coefficient (Wildman–Crippen LogP) is 2.18. The molecule has 0 fully saturated rings. The van der Waals surface area contributed by atoms with Crippen molar-refractivity contribution >= 4 is 11.9 Å². The van der Waals surface area contributed by atoms with Crippen LogP contribution in [-0.4, -0.2) is 23.0 Å². The van der Waals surface area contributed by atoms with Gasteiger partial charge in [0.25, 0.3) is 0 Å². The number of rotatable bonds is 8. The van der Waals surface area contributed by atoms with Crippen molar-refractivity contribution in [2.75, 3.05) is 0 Å². The Hall–Kier alpha value is -1.06. The summed E-state index contributed by atoms with van der Waals surface area (Å²) in [6.07, 6.45) is 3.31. The maximum absolute atomic E-state index is 11.2. The minimum absolute atomic E-state index is 0.0137. The first-order chi connectivity index (χ1) is 7.49. The van der Waals surface area contributed by atoms with Crippen molar-refractivity contribution < 1.29 is 14.7 Å². The van der Waals surface area contributed by atoms with Crippen LogP contribution in [0.15, 0.2) is 0 Å². The topological polar surface area (TPSA) is 66.4 Å². The van der Waals surface area contributed by atoms with E-state index in [1.807, 2.05) is 0 Å². The van der Waals surface area contributed by atoms with E-state index in [2.05, 4.69) is 19.2 Å². The lowest BCUT2D eigenvalue weighted by Gasteiger charge is -2.20. The Labute approximate surface area is 97.4 Å². The maximum Gasteiger partial charge on any atom is 0.305 e. The fraction of sp³-hybridized carbons (Fsp3) is 0.833. The molecule has 0 aliphatic rings. The van der Waals surface area contributed by atoms with E-state index in [9.17, 15) is 9.59 Å². The Kier molecular flexibility index (Phi) is 7.60. The van der Waals surface area contributed by atoms with E-state index in [-0.39, 0.29) is 18.4 Å². The molecule has 2 unspecified atom stereocenters. The summed E-state index contributed by atoms with van der Waals surface area (Å²) in [6, 6.07) is -0.230. The second-order valence-corrected chi connectivity index (χ2v) is 4.35. The predicted molar refractivity (Wildman–Crippen MR) is 63.2 cm³/mol. The second kappa shape index (κ2) is 8.13. The van der Waals surface area contributed by atoms with E-state index in [0.717, 1.165) is 19.3 Å². The maximum atomic E-state index is 11.2. The third-order valence-electron chi connectivity index (χ3n) is 2.58. The highest BCUT2D eigenvalue weighted by atomic mass is 16.4. The molecular formula is C12H23NO3. The number of hydrogen-bond acceptors (Lipinski definition) is 2. The summed E-state index contributed by atoms with van der Waals surface area (Å²) in [5.41, 5.74) is 0. The van der Waals surface area contributed by atoms with Gasteiger partial charge in [0.2, 0.25) is 5.91 Å². The zero-order chi connectivity index (χ0) is 12.6. The van der Waals surface area contributed by atoms with Crippen molar-refractivity contribution in [2.45, 2.75) is 58.9 Å². The average molecular weight is 229 g/mol. The molecule has 94 valence electrons. The molecule has 4 nitrogen and oxygen atoms in total. The number of nitrogens with one attached hydrogen (secondary N) is 1. The first kappa shape index (κ1) is 14.9. The number of carboxylic acid groups (broad SMARTS) is 1. The van der Waals surface area contributed by atoms with Gasteiger partial charge in [-0.15, -0.1) is 0 Å². The minimum atomic E-state index is -0.856. The van der Waals surface area contributed by atoms with Crippen LogP contribution in [0, 0.1) is 5.92 Å². The van der Waals surface area contributed by atoms with E-state index >= 15 is 0 Å². The molecule has 0 aromatic rings. The lowest BCUT2D eigenvalue weighted by molar-refractivity contribution is -0.137. The molecule has 0 radical (unpaired) electrons. The highest BCUT2D eigenvalue weighted by Crippen LogP contribution is 2.14. The van der Waals surface area contributed by atoms with Crippen LogP contribution in [0.5, 0.6) is 0 Å². The molecule has 0 aliphatic carbocycles. The number of carbonyl (C=O) groups excluding carboxylic acids is 1. The zero-order valence-electron chi connectivity index (χ0n) is 10.5. The quantitative estimate of drug-likeness (QED) is 0.670. The molecule has 0 aromatic carbocycles. The molecule has 0 rings (SSSR count). The van der Waals surface area contributed by atoms with Gasteiger partial charge in [-0.1, -0.05) is 33.6 Å². The van der Waals surface area contributed by atoms with Crippen molar-refractivity contribution in [3.8, 4) is 0 Å². The Morgan fingerprint density at radius 1 is 1.31 bits per heavy atom. The largest absolute Gasteiger partial charge is 0.481 e. The highest BCUT2D eigenvalue weighted by molar-refractivity contribution is 5.77. The van der Waals surface area contributed by atoms with Crippen LogP contribution in [0.4, 0.5) is 0 Å². The molecule has 0 saturated carbocycles. The second-order valence-electron chi connectivity index (χ2n) is 4.35. The molecule has 2 atom stereocenters. The van der Waals surface area contributed by atoms with Crippen molar-refractivity contribution in [3.63, 3.8) is 0 Å². The molecule has 2 N–H and O–H groups in total. The Bertz CT molecular complexity index is 228. The van der Waals surface area contributed by atoms with E-state index < -0.39 is 5.97 Å². The van der Waals surface area contributed by atoms with Gasteiger partial charge in [0.05, 0.1) is 6.42 Å². The third kappa shape index (κ3) is 7.26. The van der Waals surface area contributed by atoms with Crippen molar-refractivity contribution in [2.24, 2.45) is 5.92 Å². The van der Waals surface area contributed by atoms with Crippen LogP contribution in [0.2, 0.25) is 0 Å². The van der Waals surface area contributed by atoms with Gasteiger partial charge in [-0.2, -0.15) is 0 Å². The van der Waals surface area contributed by atoms with Gasteiger partial charge in [0.15, 0.2) is 0 Å². The SMILES string of the molecule is CCCC(C)CC(CC(=O)O)NC(=O)CC. The van der Waals surface area contributed by atoms with Crippen LogP contribution in [0.3, 0.4) is 0 Å². The minimum Gasteiger partial charge on any atom is -0.481 e. The van der Waals surface area contributed by atoms with Crippen molar-refractivity contribution in [1.82, 2.24) is 5.32 Å². The van der Waals surface area contributed by atoms with Gasteiger partial charge in [-0.3, -0.25) is 9.59 Å². The summed E-state index contributed by atoms with van der Waals surface area (Å²) in [5, 5.41) is 11.5. The van der Waals surface area contributed by atoms with E-state index in [4.69, 9.17) is 5.11 Å². The molecule has 0 aromatic heterocycles. The van der Waals surface area contributed by atoms with Crippen LogP contribution in [-0.2, 0) is 9.59 Å². The molecule has 0 spiro atoms. The molecule has 0 heterocycles. The van der Waals surface area contributed by atoms with Crippen LogP contribution >= 0.6 is 0 Å². The highest BCUT2D eigenvalue weighted by Gasteiger charge is 2.17. The van der Waals surface area contributed by atoms with Crippen LogP contribution in [0.1, 0.15) is 52.9 Å². The number of aliphatic carboxylic acids is 1. The average Bonchev–Trinajstić information content (AvgIpc) is 2.16. The van der Waals surface area contributed by atoms with Crippen LogP contribution in [0.25, 0.3) is 0 Å². The fourth-order valence-electron chi connectivity index (χ4n) is 1.83. The van der Waals surface area contributed by atoms with Gasteiger partial charge >= 0.3 is 5.97 Å². The third-order valence-corrected chi connectivity index (χ3v) is 2.58. The van der Waals surface area contributed by atoms with Gasteiger partial charge < -0.3 is 10.4 Å². The van der Waals surface area contributed by atoms with Crippen molar-refractivity contribution in [1.29, 1.82) is 0 Å².